The number of benzene rings is 2. The van der Waals surface area contributed by atoms with E-state index < -0.39 is 5.97 Å². The Morgan fingerprint density at radius 3 is 2.57 bits per heavy atom. The molecule has 110 valence electrons. The molecule has 2 aromatic carbocycles. The normalized spacial score (nSPS) is 12.3. The van der Waals surface area contributed by atoms with Crippen LogP contribution in [-0.4, -0.2) is 29.6 Å². The SMILES string of the molecule is CN(CC(=O)O)C(c1ccccc1)c1cc(Br)ccc1N. The molecule has 1 atom stereocenters. The van der Waals surface area contributed by atoms with Gasteiger partial charge >= 0.3 is 5.97 Å². The van der Waals surface area contributed by atoms with Crippen LogP contribution < -0.4 is 5.73 Å². The minimum Gasteiger partial charge on any atom is -0.480 e. The van der Waals surface area contributed by atoms with Crippen LogP contribution in [0.1, 0.15) is 17.2 Å². The third-order valence-corrected chi connectivity index (χ3v) is 3.78. The van der Waals surface area contributed by atoms with Crippen LogP contribution in [0.2, 0.25) is 0 Å². The van der Waals surface area contributed by atoms with Gasteiger partial charge in [-0.15, -0.1) is 0 Å². The van der Waals surface area contributed by atoms with Crippen LogP contribution in [0.3, 0.4) is 0 Å². The van der Waals surface area contributed by atoms with Crippen LogP contribution in [0.15, 0.2) is 53.0 Å². The van der Waals surface area contributed by atoms with E-state index in [0.717, 1.165) is 15.6 Å². The van der Waals surface area contributed by atoms with Gasteiger partial charge in [0.05, 0.1) is 12.6 Å². The van der Waals surface area contributed by atoms with E-state index >= 15 is 0 Å². The molecule has 0 aromatic heterocycles. The molecule has 21 heavy (non-hydrogen) atoms. The molecule has 0 heterocycles. The summed E-state index contributed by atoms with van der Waals surface area (Å²) in [6, 6.07) is 15.2. The number of carbonyl (C=O) groups is 1. The summed E-state index contributed by atoms with van der Waals surface area (Å²) in [5.41, 5.74) is 8.64. The fourth-order valence-electron chi connectivity index (χ4n) is 2.39. The molecule has 0 spiro atoms. The second-order valence-corrected chi connectivity index (χ2v) is 5.81. The Kier molecular flexibility index (Phi) is 4.98. The van der Waals surface area contributed by atoms with E-state index in [-0.39, 0.29) is 12.6 Å². The Balaban J connectivity index is 2.50. The molecule has 2 aromatic rings. The smallest absolute Gasteiger partial charge is 0.317 e. The van der Waals surface area contributed by atoms with Gasteiger partial charge in [-0.05, 0) is 36.4 Å². The number of carboxylic acid groups (broad SMARTS) is 1. The molecule has 1 unspecified atom stereocenters. The van der Waals surface area contributed by atoms with Crippen LogP contribution in [-0.2, 0) is 4.79 Å². The van der Waals surface area contributed by atoms with Crippen LogP contribution in [0.4, 0.5) is 5.69 Å². The lowest BCUT2D eigenvalue weighted by atomic mass is 9.96. The van der Waals surface area contributed by atoms with Crippen molar-refractivity contribution in [3.63, 3.8) is 0 Å². The summed E-state index contributed by atoms with van der Waals surface area (Å²) in [5.74, 6) is -0.869. The van der Waals surface area contributed by atoms with E-state index in [1.54, 1.807) is 11.9 Å². The van der Waals surface area contributed by atoms with Gasteiger partial charge in [0.1, 0.15) is 0 Å². The van der Waals surface area contributed by atoms with Gasteiger partial charge in [-0.2, -0.15) is 0 Å². The number of nitrogens with two attached hydrogens (primary N) is 1. The average Bonchev–Trinajstić information content (AvgIpc) is 2.43. The number of nitrogens with zero attached hydrogens (tertiary/aromatic N) is 1. The van der Waals surface area contributed by atoms with E-state index in [0.29, 0.717) is 5.69 Å². The van der Waals surface area contributed by atoms with E-state index in [9.17, 15) is 4.79 Å². The summed E-state index contributed by atoms with van der Waals surface area (Å²) in [6.45, 7) is -0.0640. The van der Waals surface area contributed by atoms with Crippen molar-refractivity contribution in [3.8, 4) is 0 Å². The van der Waals surface area contributed by atoms with E-state index in [2.05, 4.69) is 15.9 Å². The van der Waals surface area contributed by atoms with Crippen molar-refractivity contribution in [2.24, 2.45) is 0 Å². The fourth-order valence-corrected chi connectivity index (χ4v) is 2.77. The van der Waals surface area contributed by atoms with Crippen molar-refractivity contribution in [3.05, 3.63) is 64.1 Å². The zero-order valence-electron chi connectivity index (χ0n) is 11.7. The molecule has 0 aliphatic rings. The summed E-state index contributed by atoms with van der Waals surface area (Å²) in [7, 11) is 1.78. The third kappa shape index (κ3) is 3.83. The highest BCUT2D eigenvalue weighted by Gasteiger charge is 2.23. The maximum Gasteiger partial charge on any atom is 0.317 e. The molecular formula is C16H17BrN2O2. The molecule has 0 radical (unpaired) electrons. The van der Waals surface area contributed by atoms with Gasteiger partial charge in [0.2, 0.25) is 0 Å². The predicted octanol–water partition coefficient (Wildman–Crippen LogP) is 3.14. The first-order valence-corrected chi connectivity index (χ1v) is 7.30. The predicted molar refractivity (Wildman–Crippen MR) is 87.1 cm³/mol. The molecule has 5 heteroatoms. The Morgan fingerprint density at radius 1 is 1.29 bits per heavy atom. The Morgan fingerprint density at radius 2 is 1.95 bits per heavy atom. The largest absolute Gasteiger partial charge is 0.480 e. The van der Waals surface area contributed by atoms with E-state index in [1.807, 2.05) is 48.5 Å². The molecule has 0 saturated carbocycles. The lowest BCUT2D eigenvalue weighted by Crippen LogP contribution is -2.31. The van der Waals surface area contributed by atoms with Crippen molar-refractivity contribution in [1.82, 2.24) is 4.90 Å². The molecule has 0 saturated heterocycles. The topological polar surface area (TPSA) is 66.6 Å². The molecule has 3 N–H and O–H groups in total. The number of halogens is 1. The minimum absolute atomic E-state index is 0.0640. The van der Waals surface area contributed by atoms with Crippen LogP contribution >= 0.6 is 15.9 Å². The highest BCUT2D eigenvalue weighted by atomic mass is 79.9. The van der Waals surface area contributed by atoms with Gasteiger partial charge in [-0.3, -0.25) is 9.69 Å². The first kappa shape index (κ1) is 15.5. The minimum atomic E-state index is -0.869. The summed E-state index contributed by atoms with van der Waals surface area (Å²) >= 11 is 3.45. The van der Waals surface area contributed by atoms with E-state index in [4.69, 9.17) is 10.8 Å². The lowest BCUT2D eigenvalue weighted by Gasteiger charge is -2.28. The number of hydrogen-bond donors (Lipinski definition) is 2. The number of nitrogen functional groups attached to an aromatic ring is 1. The van der Waals surface area contributed by atoms with Crippen LogP contribution in [0.25, 0.3) is 0 Å². The molecule has 0 aliphatic carbocycles. The molecule has 0 amide bonds. The fraction of sp³-hybridized carbons (Fsp3) is 0.188. The quantitative estimate of drug-likeness (QED) is 0.814. The summed E-state index contributed by atoms with van der Waals surface area (Å²) in [5, 5.41) is 9.07. The number of aliphatic carboxylic acids is 1. The maximum atomic E-state index is 11.0. The number of anilines is 1. The summed E-state index contributed by atoms with van der Waals surface area (Å²) < 4.78 is 0.913. The molecule has 0 fully saturated rings. The maximum absolute atomic E-state index is 11.0. The van der Waals surface area contributed by atoms with Crippen molar-refractivity contribution in [2.75, 3.05) is 19.3 Å². The van der Waals surface area contributed by atoms with Crippen molar-refractivity contribution in [1.29, 1.82) is 0 Å². The number of carboxylic acids is 1. The second kappa shape index (κ2) is 6.74. The highest BCUT2D eigenvalue weighted by Crippen LogP contribution is 2.33. The molecule has 2 rings (SSSR count). The van der Waals surface area contributed by atoms with Crippen molar-refractivity contribution >= 4 is 27.6 Å². The van der Waals surface area contributed by atoms with Gasteiger partial charge in [-0.1, -0.05) is 46.3 Å². The van der Waals surface area contributed by atoms with Gasteiger partial charge in [-0.25, -0.2) is 0 Å². The molecule has 0 bridgehead atoms. The Bertz CT molecular complexity index is 631. The second-order valence-electron chi connectivity index (χ2n) is 4.90. The summed E-state index contributed by atoms with van der Waals surface area (Å²) in [6.07, 6.45) is 0. The number of rotatable bonds is 5. The van der Waals surface area contributed by atoms with Crippen molar-refractivity contribution < 1.29 is 9.90 Å². The van der Waals surface area contributed by atoms with Crippen molar-refractivity contribution in [2.45, 2.75) is 6.04 Å². The monoisotopic (exact) mass is 348 g/mol. The van der Waals surface area contributed by atoms with Gasteiger partial charge in [0.15, 0.2) is 0 Å². The zero-order valence-corrected chi connectivity index (χ0v) is 13.2. The Labute approximate surface area is 132 Å². The first-order valence-electron chi connectivity index (χ1n) is 6.51. The average molecular weight is 349 g/mol. The molecular weight excluding hydrogens is 332 g/mol. The van der Waals surface area contributed by atoms with Gasteiger partial charge in [0, 0.05) is 10.2 Å². The Hall–Kier alpha value is -1.85. The standard InChI is InChI=1S/C16H17BrN2O2/c1-19(10-15(20)21)16(11-5-3-2-4-6-11)13-9-12(17)7-8-14(13)18/h2-9,16H,10,18H2,1H3,(H,20,21). The van der Waals surface area contributed by atoms with E-state index in [1.165, 1.54) is 0 Å². The lowest BCUT2D eigenvalue weighted by molar-refractivity contribution is -0.138. The number of hydrogen-bond acceptors (Lipinski definition) is 3. The van der Waals surface area contributed by atoms with Gasteiger partial charge < -0.3 is 10.8 Å². The zero-order chi connectivity index (χ0) is 15.4. The molecule has 0 aliphatic heterocycles. The van der Waals surface area contributed by atoms with Crippen LogP contribution in [0.5, 0.6) is 0 Å². The third-order valence-electron chi connectivity index (χ3n) is 3.28. The number of likely N-dealkylation sites (N-methyl/N-ethyl adjacent to an activating group) is 1. The highest BCUT2D eigenvalue weighted by molar-refractivity contribution is 9.10. The van der Waals surface area contributed by atoms with Crippen LogP contribution in [0, 0.1) is 0 Å². The van der Waals surface area contributed by atoms with Gasteiger partial charge in [0.25, 0.3) is 0 Å². The summed E-state index contributed by atoms with van der Waals surface area (Å²) in [4.78, 5) is 12.8. The molecule has 4 nitrogen and oxygen atoms in total. The first-order chi connectivity index (χ1) is 9.99.